The number of rotatable bonds is 8. The zero-order chi connectivity index (χ0) is 18.9. The molecule has 0 aliphatic carbocycles. The van der Waals surface area contributed by atoms with Gasteiger partial charge in [-0.3, -0.25) is 4.99 Å². The summed E-state index contributed by atoms with van der Waals surface area (Å²) in [5.74, 6) is 2.41. The van der Waals surface area contributed by atoms with Gasteiger partial charge in [0, 0.05) is 38.6 Å². The third kappa shape index (κ3) is 7.19. The van der Waals surface area contributed by atoms with E-state index in [1.165, 1.54) is 31.5 Å². The van der Waals surface area contributed by atoms with Crippen molar-refractivity contribution in [1.82, 2.24) is 15.1 Å². The Labute approximate surface area is 187 Å². The quantitative estimate of drug-likeness (QED) is 0.337. The first-order valence-electron chi connectivity index (χ1n) is 10.7. The van der Waals surface area contributed by atoms with Gasteiger partial charge < -0.3 is 19.9 Å². The summed E-state index contributed by atoms with van der Waals surface area (Å²) in [5.41, 5.74) is 1.25. The molecule has 6 heteroatoms. The molecule has 1 N–H and O–H groups in total. The van der Waals surface area contributed by atoms with Crippen LogP contribution in [-0.2, 0) is 11.3 Å². The van der Waals surface area contributed by atoms with E-state index in [0.29, 0.717) is 18.4 Å². The Morgan fingerprint density at radius 3 is 2.61 bits per heavy atom. The fraction of sp³-hybridized carbons (Fsp3) is 0.682. The van der Waals surface area contributed by atoms with Crippen molar-refractivity contribution in [2.45, 2.75) is 33.3 Å². The predicted octanol–water partition coefficient (Wildman–Crippen LogP) is 3.45. The molecule has 2 aliphatic heterocycles. The average molecular weight is 500 g/mol. The number of benzene rings is 1. The van der Waals surface area contributed by atoms with Gasteiger partial charge in [0.2, 0.25) is 0 Å². The first-order chi connectivity index (χ1) is 13.3. The minimum atomic E-state index is 0. The molecule has 2 saturated heterocycles. The second kappa shape index (κ2) is 12.6. The molecule has 2 fully saturated rings. The molecule has 1 aromatic carbocycles. The minimum Gasteiger partial charge on any atom is -0.376 e. The van der Waals surface area contributed by atoms with Crippen molar-refractivity contribution in [3.63, 3.8) is 0 Å². The molecule has 28 heavy (non-hydrogen) atoms. The van der Waals surface area contributed by atoms with Crippen molar-refractivity contribution >= 4 is 29.9 Å². The normalized spacial score (nSPS) is 23.1. The maximum Gasteiger partial charge on any atom is 0.193 e. The highest BCUT2D eigenvalue weighted by molar-refractivity contribution is 14.0. The van der Waals surface area contributed by atoms with Crippen LogP contribution in [0.1, 0.15) is 32.3 Å². The van der Waals surface area contributed by atoms with Gasteiger partial charge in [0.05, 0.1) is 13.2 Å². The topological polar surface area (TPSA) is 40.1 Å². The van der Waals surface area contributed by atoms with Crippen molar-refractivity contribution < 1.29 is 4.74 Å². The van der Waals surface area contributed by atoms with Gasteiger partial charge in [0.25, 0.3) is 0 Å². The number of hydrogen-bond acceptors (Lipinski definition) is 3. The van der Waals surface area contributed by atoms with Crippen LogP contribution in [0.5, 0.6) is 0 Å². The second-order valence-electron chi connectivity index (χ2n) is 7.84. The number of hydrogen-bond donors (Lipinski definition) is 1. The molecule has 0 radical (unpaired) electrons. The lowest BCUT2D eigenvalue weighted by Gasteiger charge is -2.22. The second-order valence-corrected chi connectivity index (χ2v) is 7.84. The number of ether oxygens (including phenoxy) is 1. The van der Waals surface area contributed by atoms with E-state index in [-0.39, 0.29) is 24.0 Å². The summed E-state index contributed by atoms with van der Waals surface area (Å²) in [4.78, 5) is 9.93. The molecular formula is C22H37IN4O. The smallest absolute Gasteiger partial charge is 0.193 e. The molecule has 0 saturated carbocycles. The van der Waals surface area contributed by atoms with Crippen molar-refractivity contribution in [2.75, 3.05) is 52.4 Å². The van der Waals surface area contributed by atoms with Gasteiger partial charge in [-0.05, 0) is 44.3 Å². The van der Waals surface area contributed by atoms with Gasteiger partial charge in [0.15, 0.2) is 5.96 Å². The number of guanidine groups is 1. The molecule has 2 aliphatic rings. The van der Waals surface area contributed by atoms with Crippen LogP contribution in [-0.4, -0.2) is 68.2 Å². The van der Waals surface area contributed by atoms with Crippen LogP contribution in [0.25, 0.3) is 0 Å². The van der Waals surface area contributed by atoms with Crippen LogP contribution < -0.4 is 5.32 Å². The van der Waals surface area contributed by atoms with Gasteiger partial charge >= 0.3 is 0 Å². The molecular weight excluding hydrogens is 463 g/mol. The number of halogens is 1. The molecule has 0 aromatic heterocycles. The largest absolute Gasteiger partial charge is 0.376 e. The lowest BCUT2D eigenvalue weighted by Crippen LogP contribution is -2.40. The fourth-order valence-corrected chi connectivity index (χ4v) is 4.07. The lowest BCUT2D eigenvalue weighted by molar-refractivity contribution is 0.0906. The minimum absolute atomic E-state index is 0. The first-order valence-corrected chi connectivity index (χ1v) is 10.7. The summed E-state index contributed by atoms with van der Waals surface area (Å²) in [6.45, 7) is 13.6. The van der Waals surface area contributed by atoms with E-state index in [4.69, 9.17) is 9.73 Å². The number of likely N-dealkylation sites (tertiary alicyclic amines) is 2. The number of nitrogens with zero attached hydrogens (tertiary/aromatic N) is 3. The molecule has 2 heterocycles. The van der Waals surface area contributed by atoms with Gasteiger partial charge in [-0.25, -0.2) is 0 Å². The van der Waals surface area contributed by atoms with Crippen molar-refractivity contribution in [3.05, 3.63) is 35.9 Å². The summed E-state index contributed by atoms with van der Waals surface area (Å²) in [7, 11) is 0. The summed E-state index contributed by atoms with van der Waals surface area (Å²) in [5, 5.41) is 3.50. The maximum atomic E-state index is 5.96. The van der Waals surface area contributed by atoms with Crippen LogP contribution in [0.15, 0.2) is 35.3 Å². The van der Waals surface area contributed by atoms with Crippen LogP contribution in [0.3, 0.4) is 0 Å². The highest BCUT2D eigenvalue weighted by Crippen LogP contribution is 2.19. The Morgan fingerprint density at radius 2 is 1.89 bits per heavy atom. The van der Waals surface area contributed by atoms with E-state index in [1.54, 1.807) is 0 Å². The van der Waals surface area contributed by atoms with Crippen molar-refractivity contribution in [1.29, 1.82) is 0 Å². The van der Waals surface area contributed by atoms with E-state index in [0.717, 1.165) is 45.3 Å². The Balaban J connectivity index is 0.00000280. The Hall–Kier alpha value is -0.860. The molecule has 3 rings (SSSR count). The molecule has 1 aromatic rings. The maximum absolute atomic E-state index is 5.96. The first kappa shape index (κ1) is 23.4. The SMILES string of the molecule is CCNC(=NCC1CCN(CC)C1)N1CCC(COCc2ccccc2)C1.I. The molecule has 2 unspecified atom stereocenters. The third-order valence-electron chi connectivity index (χ3n) is 5.70. The van der Waals surface area contributed by atoms with E-state index in [2.05, 4.69) is 53.2 Å². The van der Waals surface area contributed by atoms with E-state index in [1.807, 2.05) is 6.07 Å². The van der Waals surface area contributed by atoms with Crippen LogP contribution in [0.2, 0.25) is 0 Å². The molecule has 158 valence electrons. The van der Waals surface area contributed by atoms with E-state index < -0.39 is 0 Å². The zero-order valence-electron chi connectivity index (χ0n) is 17.5. The Morgan fingerprint density at radius 1 is 1.11 bits per heavy atom. The van der Waals surface area contributed by atoms with E-state index >= 15 is 0 Å². The highest BCUT2D eigenvalue weighted by Gasteiger charge is 2.26. The average Bonchev–Trinajstić information content (AvgIpc) is 3.35. The van der Waals surface area contributed by atoms with Gasteiger partial charge in [-0.15, -0.1) is 24.0 Å². The standard InChI is InChI=1S/C22H36N4O.HI/c1-3-23-22(24-14-20-10-12-25(4-2)15-20)26-13-11-21(16-26)18-27-17-19-8-6-5-7-9-19;/h5-9,20-21H,3-4,10-18H2,1-2H3,(H,23,24);1H. The third-order valence-corrected chi connectivity index (χ3v) is 5.70. The van der Waals surface area contributed by atoms with Crippen LogP contribution >= 0.6 is 24.0 Å². The lowest BCUT2D eigenvalue weighted by atomic mass is 10.1. The summed E-state index contributed by atoms with van der Waals surface area (Å²) in [6, 6.07) is 10.4. The molecule has 2 atom stereocenters. The van der Waals surface area contributed by atoms with Gasteiger partial charge in [-0.1, -0.05) is 37.3 Å². The highest BCUT2D eigenvalue weighted by atomic mass is 127. The van der Waals surface area contributed by atoms with E-state index in [9.17, 15) is 0 Å². The van der Waals surface area contributed by atoms with Crippen LogP contribution in [0.4, 0.5) is 0 Å². The van der Waals surface area contributed by atoms with Crippen molar-refractivity contribution in [3.8, 4) is 0 Å². The van der Waals surface area contributed by atoms with Crippen molar-refractivity contribution in [2.24, 2.45) is 16.8 Å². The fourth-order valence-electron chi connectivity index (χ4n) is 4.07. The number of aliphatic imine (C=N–C) groups is 1. The monoisotopic (exact) mass is 500 g/mol. The zero-order valence-corrected chi connectivity index (χ0v) is 19.8. The molecule has 0 bridgehead atoms. The molecule has 0 amide bonds. The van der Waals surface area contributed by atoms with Crippen LogP contribution in [0, 0.1) is 11.8 Å². The predicted molar refractivity (Wildman–Crippen MR) is 127 cm³/mol. The summed E-state index contributed by atoms with van der Waals surface area (Å²) >= 11 is 0. The Bertz CT molecular complexity index is 583. The van der Waals surface area contributed by atoms with Gasteiger partial charge in [-0.2, -0.15) is 0 Å². The van der Waals surface area contributed by atoms with Gasteiger partial charge in [0.1, 0.15) is 0 Å². The summed E-state index contributed by atoms with van der Waals surface area (Å²) < 4.78 is 5.96. The molecule has 0 spiro atoms. The molecule has 5 nitrogen and oxygen atoms in total. The number of nitrogens with one attached hydrogen (secondary N) is 1. The Kier molecular flexibility index (Phi) is 10.6. The summed E-state index contributed by atoms with van der Waals surface area (Å²) in [6.07, 6.45) is 2.47.